The lowest BCUT2D eigenvalue weighted by atomic mass is 10.0. The SMILES string of the molecule is CCNC(=NCCCN1CCCCC1C)NCCC(F)(F)F.I. The molecule has 2 N–H and O–H groups in total. The Balaban J connectivity index is 0.00000484. The number of aliphatic imine (C=N–C) groups is 1. The van der Waals surface area contributed by atoms with Crippen LogP contribution in [0.15, 0.2) is 4.99 Å². The molecule has 1 saturated heterocycles. The van der Waals surface area contributed by atoms with E-state index in [4.69, 9.17) is 0 Å². The van der Waals surface area contributed by atoms with E-state index in [1.54, 1.807) is 0 Å². The zero-order valence-electron chi connectivity index (χ0n) is 14.1. The van der Waals surface area contributed by atoms with Gasteiger partial charge in [0, 0.05) is 32.2 Å². The molecule has 4 nitrogen and oxygen atoms in total. The average Bonchev–Trinajstić information content (AvgIpc) is 2.44. The first-order valence-electron chi connectivity index (χ1n) is 8.25. The van der Waals surface area contributed by atoms with Crippen molar-refractivity contribution in [3.63, 3.8) is 0 Å². The topological polar surface area (TPSA) is 39.7 Å². The van der Waals surface area contributed by atoms with E-state index in [2.05, 4.69) is 27.4 Å². The van der Waals surface area contributed by atoms with Gasteiger partial charge in [-0.1, -0.05) is 6.42 Å². The van der Waals surface area contributed by atoms with Crippen LogP contribution in [0, 0.1) is 0 Å². The van der Waals surface area contributed by atoms with Crippen molar-refractivity contribution in [1.29, 1.82) is 0 Å². The minimum Gasteiger partial charge on any atom is -0.357 e. The van der Waals surface area contributed by atoms with Gasteiger partial charge in [0.05, 0.1) is 6.42 Å². The zero-order valence-corrected chi connectivity index (χ0v) is 16.4. The molecule has 1 fully saturated rings. The van der Waals surface area contributed by atoms with Crippen molar-refractivity contribution in [2.75, 3.05) is 32.7 Å². The third-order valence-electron chi connectivity index (χ3n) is 3.86. The highest BCUT2D eigenvalue weighted by atomic mass is 127. The molecule has 0 spiro atoms. The highest BCUT2D eigenvalue weighted by Gasteiger charge is 2.26. The summed E-state index contributed by atoms with van der Waals surface area (Å²) in [7, 11) is 0. The molecular formula is C15H30F3IN4. The van der Waals surface area contributed by atoms with E-state index in [-0.39, 0.29) is 30.5 Å². The first-order chi connectivity index (χ1) is 10.4. The Labute approximate surface area is 154 Å². The van der Waals surface area contributed by atoms with Crippen LogP contribution >= 0.6 is 24.0 Å². The van der Waals surface area contributed by atoms with Crippen LogP contribution in [0.4, 0.5) is 13.2 Å². The van der Waals surface area contributed by atoms with Crippen LogP contribution in [-0.4, -0.2) is 55.8 Å². The van der Waals surface area contributed by atoms with Gasteiger partial charge >= 0.3 is 6.18 Å². The number of rotatable bonds is 7. The molecule has 1 atom stereocenters. The monoisotopic (exact) mass is 450 g/mol. The summed E-state index contributed by atoms with van der Waals surface area (Å²) >= 11 is 0. The number of likely N-dealkylation sites (tertiary alicyclic amines) is 1. The second-order valence-corrected chi connectivity index (χ2v) is 5.79. The van der Waals surface area contributed by atoms with E-state index >= 15 is 0 Å². The van der Waals surface area contributed by atoms with Gasteiger partial charge in [0.15, 0.2) is 5.96 Å². The van der Waals surface area contributed by atoms with E-state index in [1.165, 1.54) is 19.3 Å². The number of hydrogen-bond acceptors (Lipinski definition) is 2. The lowest BCUT2D eigenvalue weighted by molar-refractivity contribution is -0.132. The van der Waals surface area contributed by atoms with Crippen LogP contribution in [0.3, 0.4) is 0 Å². The van der Waals surface area contributed by atoms with Crippen LogP contribution in [0.5, 0.6) is 0 Å². The van der Waals surface area contributed by atoms with E-state index in [0.29, 0.717) is 25.1 Å². The van der Waals surface area contributed by atoms with Crippen LogP contribution in [0.1, 0.15) is 46.0 Å². The fourth-order valence-corrected chi connectivity index (χ4v) is 2.62. The molecule has 0 aromatic heterocycles. The van der Waals surface area contributed by atoms with E-state index in [0.717, 1.165) is 19.5 Å². The Bertz CT molecular complexity index is 337. The molecule has 138 valence electrons. The van der Waals surface area contributed by atoms with Crippen molar-refractivity contribution in [1.82, 2.24) is 15.5 Å². The van der Waals surface area contributed by atoms with E-state index in [1.807, 2.05) is 6.92 Å². The first-order valence-corrected chi connectivity index (χ1v) is 8.25. The summed E-state index contributed by atoms with van der Waals surface area (Å²) in [5.74, 6) is 0.471. The number of nitrogens with one attached hydrogen (secondary N) is 2. The quantitative estimate of drug-likeness (QED) is 0.271. The summed E-state index contributed by atoms with van der Waals surface area (Å²) in [4.78, 5) is 6.82. The van der Waals surface area contributed by atoms with Gasteiger partial charge in [0.1, 0.15) is 0 Å². The van der Waals surface area contributed by atoms with Gasteiger partial charge in [-0.15, -0.1) is 24.0 Å². The summed E-state index contributed by atoms with van der Waals surface area (Å²) in [5, 5.41) is 5.70. The molecule has 0 amide bonds. The van der Waals surface area contributed by atoms with Crippen molar-refractivity contribution in [3.05, 3.63) is 0 Å². The maximum Gasteiger partial charge on any atom is 0.390 e. The Morgan fingerprint density at radius 3 is 2.61 bits per heavy atom. The Morgan fingerprint density at radius 1 is 1.26 bits per heavy atom. The normalized spacial score (nSPS) is 20.0. The van der Waals surface area contributed by atoms with Gasteiger partial charge in [-0.25, -0.2) is 0 Å². The van der Waals surface area contributed by atoms with Crippen LogP contribution in [0.25, 0.3) is 0 Å². The number of nitrogens with zero attached hydrogens (tertiary/aromatic N) is 2. The van der Waals surface area contributed by atoms with Gasteiger partial charge in [-0.3, -0.25) is 4.99 Å². The van der Waals surface area contributed by atoms with Gasteiger partial charge in [-0.2, -0.15) is 13.2 Å². The largest absolute Gasteiger partial charge is 0.390 e. The summed E-state index contributed by atoms with van der Waals surface area (Å²) in [6.07, 6.45) is -0.221. The molecule has 0 saturated carbocycles. The summed E-state index contributed by atoms with van der Waals surface area (Å²) in [6, 6.07) is 0.635. The molecule has 1 aliphatic rings. The molecule has 1 aliphatic heterocycles. The highest BCUT2D eigenvalue weighted by Crippen LogP contribution is 2.18. The first kappa shape index (κ1) is 22.8. The third-order valence-corrected chi connectivity index (χ3v) is 3.86. The predicted octanol–water partition coefficient (Wildman–Crippen LogP) is 3.38. The van der Waals surface area contributed by atoms with Crippen LogP contribution in [0.2, 0.25) is 0 Å². The Morgan fingerprint density at radius 2 is 2.00 bits per heavy atom. The van der Waals surface area contributed by atoms with Crippen LogP contribution in [-0.2, 0) is 0 Å². The maximum atomic E-state index is 12.1. The Hall–Kier alpha value is -0.250. The fourth-order valence-electron chi connectivity index (χ4n) is 2.62. The molecule has 23 heavy (non-hydrogen) atoms. The minimum atomic E-state index is -4.13. The van der Waals surface area contributed by atoms with E-state index in [9.17, 15) is 13.2 Å². The van der Waals surface area contributed by atoms with Crippen molar-refractivity contribution in [3.8, 4) is 0 Å². The standard InChI is InChI=1S/C15H29F3N4.HI/c1-3-19-14(21-10-8-15(16,17)18)20-9-6-12-22-11-5-4-7-13(22)2;/h13H,3-12H2,1-2H3,(H2,19,20,21);1H. The second-order valence-electron chi connectivity index (χ2n) is 5.79. The lowest BCUT2D eigenvalue weighted by Gasteiger charge is -2.33. The van der Waals surface area contributed by atoms with Crippen LogP contribution < -0.4 is 10.6 Å². The molecule has 0 aromatic carbocycles. The molecule has 0 aliphatic carbocycles. The maximum absolute atomic E-state index is 12.1. The van der Waals surface area contributed by atoms with Gasteiger partial charge < -0.3 is 15.5 Å². The minimum absolute atomic E-state index is 0. The molecular weight excluding hydrogens is 420 g/mol. The number of guanidine groups is 1. The zero-order chi connectivity index (χ0) is 16.4. The smallest absolute Gasteiger partial charge is 0.357 e. The fraction of sp³-hybridized carbons (Fsp3) is 0.933. The predicted molar refractivity (Wildman–Crippen MR) is 99.6 cm³/mol. The molecule has 0 aromatic rings. The summed E-state index contributed by atoms with van der Waals surface area (Å²) < 4.78 is 36.4. The van der Waals surface area contributed by atoms with Gasteiger partial charge in [0.25, 0.3) is 0 Å². The average molecular weight is 450 g/mol. The lowest BCUT2D eigenvalue weighted by Crippen LogP contribution is -2.39. The Kier molecular flexibility index (Phi) is 12.0. The molecule has 0 bridgehead atoms. The summed E-state index contributed by atoms with van der Waals surface area (Å²) in [5.41, 5.74) is 0. The van der Waals surface area contributed by atoms with Crippen molar-refractivity contribution >= 4 is 29.9 Å². The van der Waals surface area contributed by atoms with Crippen molar-refractivity contribution in [2.45, 2.75) is 58.2 Å². The highest BCUT2D eigenvalue weighted by molar-refractivity contribution is 14.0. The third kappa shape index (κ3) is 11.0. The molecule has 1 unspecified atom stereocenters. The van der Waals surface area contributed by atoms with Crippen molar-refractivity contribution < 1.29 is 13.2 Å². The second kappa shape index (κ2) is 12.2. The number of alkyl halides is 3. The van der Waals surface area contributed by atoms with E-state index < -0.39 is 12.6 Å². The van der Waals surface area contributed by atoms with Gasteiger partial charge in [0.2, 0.25) is 0 Å². The van der Waals surface area contributed by atoms with Crippen molar-refractivity contribution in [2.24, 2.45) is 4.99 Å². The molecule has 1 heterocycles. The summed E-state index contributed by atoms with van der Waals surface area (Å²) in [6.45, 7) is 7.44. The number of piperidine rings is 1. The molecule has 8 heteroatoms. The molecule has 1 rings (SSSR count). The van der Waals surface area contributed by atoms with Gasteiger partial charge in [-0.05, 0) is 39.7 Å². The number of hydrogen-bond donors (Lipinski definition) is 2. The molecule has 0 radical (unpaired) electrons. The number of halogens is 4.